The standard InChI is InChI=1S/C22H30N8O4/c23-18-16-19(25-11-24-18)30(12-26-16)14-6-3-5-13(17(14)32)27-15(31)7-4-10-29-20(33)22(28-21(29)34)8-1-2-9-22/h11-14,17,32H,1-10H2,(H,27,31)(H,28,34)(H2,23,24,25)/t13-,14-,17-/m0/s1. The van der Waals surface area contributed by atoms with Crippen LogP contribution in [0.2, 0.25) is 0 Å². The fourth-order valence-electron chi connectivity index (χ4n) is 5.60. The third-order valence-corrected chi connectivity index (χ3v) is 7.40. The highest BCUT2D eigenvalue weighted by molar-refractivity contribution is 6.07. The molecule has 2 aliphatic carbocycles. The average Bonchev–Trinajstić information content (AvgIpc) is 3.51. The number of nitrogens with one attached hydrogen (secondary N) is 2. The van der Waals surface area contributed by atoms with Gasteiger partial charge >= 0.3 is 6.03 Å². The van der Waals surface area contributed by atoms with E-state index in [2.05, 4.69) is 25.6 Å². The van der Waals surface area contributed by atoms with Crippen molar-refractivity contribution in [3.05, 3.63) is 12.7 Å². The summed E-state index contributed by atoms with van der Waals surface area (Å²) in [6.45, 7) is 0.206. The fourth-order valence-corrected chi connectivity index (χ4v) is 5.60. The Labute approximate surface area is 196 Å². The van der Waals surface area contributed by atoms with Crippen LogP contribution in [0.25, 0.3) is 11.2 Å². The van der Waals surface area contributed by atoms with Crippen molar-refractivity contribution in [2.75, 3.05) is 12.3 Å². The molecule has 12 heteroatoms. The number of nitrogens with zero attached hydrogens (tertiary/aromatic N) is 5. The Bertz CT molecular complexity index is 1110. The van der Waals surface area contributed by atoms with Crippen molar-refractivity contribution in [1.29, 1.82) is 0 Å². The number of hydrogen-bond donors (Lipinski definition) is 4. The van der Waals surface area contributed by atoms with Crippen LogP contribution in [0.3, 0.4) is 0 Å². The molecule has 3 fully saturated rings. The van der Waals surface area contributed by atoms with Gasteiger partial charge < -0.3 is 26.0 Å². The molecule has 2 aromatic heterocycles. The van der Waals surface area contributed by atoms with Crippen LogP contribution in [0.4, 0.5) is 10.6 Å². The maximum absolute atomic E-state index is 12.7. The smallest absolute Gasteiger partial charge is 0.325 e. The zero-order valence-electron chi connectivity index (χ0n) is 18.9. The molecule has 12 nitrogen and oxygen atoms in total. The normalized spacial score (nSPS) is 26.4. The Balaban J connectivity index is 1.16. The summed E-state index contributed by atoms with van der Waals surface area (Å²) in [7, 11) is 0. The molecule has 3 aliphatic rings. The lowest BCUT2D eigenvalue weighted by molar-refractivity contribution is -0.131. The number of rotatable bonds is 6. The number of carbonyl (C=O) groups is 3. The lowest BCUT2D eigenvalue weighted by atomic mass is 9.87. The highest BCUT2D eigenvalue weighted by Crippen LogP contribution is 2.35. The van der Waals surface area contributed by atoms with Crippen molar-refractivity contribution >= 4 is 34.8 Å². The molecule has 3 heterocycles. The summed E-state index contributed by atoms with van der Waals surface area (Å²) in [6, 6.07) is -1.08. The summed E-state index contributed by atoms with van der Waals surface area (Å²) in [5.41, 5.74) is 6.18. The average molecular weight is 471 g/mol. The first-order valence-corrected chi connectivity index (χ1v) is 11.9. The lowest BCUT2D eigenvalue weighted by Crippen LogP contribution is -2.49. The van der Waals surface area contributed by atoms with Crippen LogP contribution in [0.1, 0.15) is 63.8 Å². The minimum Gasteiger partial charge on any atom is -0.389 e. The quantitative estimate of drug-likeness (QED) is 0.446. The van der Waals surface area contributed by atoms with Crippen molar-refractivity contribution in [3.8, 4) is 0 Å². The van der Waals surface area contributed by atoms with E-state index in [0.29, 0.717) is 36.8 Å². The number of imidazole rings is 1. The molecule has 3 atom stereocenters. The largest absolute Gasteiger partial charge is 0.389 e. The van der Waals surface area contributed by atoms with E-state index in [4.69, 9.17) is 5.73 Å². The van der Waals surface area contributed by atoms with Crippen LogP contribution >= 0.6 is 0 Å². The van der Waals surface area contributed by atoms with E-state index in [-0.39, 0.29) is 42.7 Å². The SMILES string of the molecule is Nc1ncnc2c1ncn2[C@H]1CCC[C@H](NC(=O)CCCN2C(=O)NC3(CCCC3)C2=O)[C@@H]1O. The summed E-state index contributed by atoms with van der Waals surface area (Å²) < 4.78 is 1.80. The number of fused-ring (bicyclic) bond motifs is 1. The van der Waals surface area contributed by atoms with Gasteiger partial charge in [-0.2, -0.15) is 0 Å². The van der Waals surface area contributed by atoms with Crippen molar-refractivity contribution < 1.29 is 19.5 Å². The number of carbonyl (C=O) groups excluding carboxylic acids is 3. The molecule has 5 rings (SSSR count). The molecule has 34 heavy (non-hydrogen) atoms. The number of urea groups is 1. The Morgan fingerprint density at radius 1 is 1.21 bits per heavy atom. The molecule has 1 spiro atoms. The van der Waals surface area contributed by atoms with Crippen LogP contribution in [0.15, 0.2) is 12.7 Å². The second kappa shape index (κ2) is 8.82. The van der Waals surface area contributed by atoms with E-state index < -0.39 is 17.7 Å². The predicted molar refractivity (Wildman–Crippen MR) is 121 cm³/mol. The molecule has 1 saturated heterocycles. The number of aliphatic hydroxyl groups is 1. The highest BCUT2D eigenvalue weighted by Gasteiger charge is 2.52. The van der Waals surface area contributed by atoms with Crippen molar-refractivity contribution in [2.24, 2.45) is 0 Å². The summed E-state index contributed by atoms with van der Waals surface area (Å²) in [6.07, 6.45) is 8.10. The molecule has 182 valence electrons. The molecule has 2 aromatic rings. The molecule has 0 aromatic carbocycles. The molecule has 0 unspecified atom stereocenters. The number of aliphatic hydroxyl groups excluding tert-OH is 1. The first-order chi connectivity index (χ1) is 16.4. The number of imide groups is 1. The van der Waals surface area contributed by atoms with Gasteiger partial charge in [0.25, 0.3) is 5.91 Å². The maximum Gasteiger partial charge on any atom is 0.325 e. The van der Waals surface area contributed by atoms with Gasteiger partial charge in [0.2, 0.25) is 5.91 Å². The highest BCUT2D eigenvalue weighted by atomic mass is 16.3. The Hall–Kier alpha value is -3.28. The molecule has 0 radical (unpaired) electrons. The molecular weight excluding hydrogens is 440 g/mol. The number of amides is 4. The molecule has 1 aliphatic heterocycles. The Morgan fingerprint density at radius 3 is 2.79 bits per heavy atom. The van der Waals surface area contributed by atoms with Crippen LogP contribution < -0.4 is 16.4 Å². The van der Waals surface area contributed by atoms with Gasteiger partial charge in [0, 0.05) is 13.0 Å². The van der Waals surface area contributed by atoms with Gasteiger partial charge in [-0.3, -0.25) is 14.5 Å². The second-order valence-corrected chi connectivity index (χ2v) is 9.53. The monoisotopic (exact) mass is 470 g/mol. The minimum atomic E-state index is -0.820. The molecule has 5 N–H and O–H groups in total. The van der Waals surface area contributed by atoms with Gasteiger partial charge in [0.1, 0.15) is 17.4 Å². The van der Waals surface area contributed by atoms with Crippen LogP contribution in [-0.4, -0.2) is 71.6 Å². The van der Waals surface area contributed by atoms with Gasteiger partial charge in [-0.15, -0.1) is 0 Å². The number of hydrogen-bond acceptors (Lipinski definition) is 8. The summed E-state index contributed by atoms with van der Waals surface area (Å²) in [5, 5.41) is 16.8. The van der Waals surface area contributed by atoms with Gasteiger partial charge in [-0.05, 0) is 38.5 Å². The molecular formula is C22H30N8O4. The van der Waals surface area contributed by atoms with Gasteiger partial charge in [0.05, 0.1) is 24.5 Å². The minimum absolute atomic E-state index is 0.162. The summed E-state index contributed by atoms with van der Waals surface area (Å²) >= 11 is 0. The fraction of sp³-hybridized carbons (Fsp3) is 0.636. The van der Waals surface area contributed by atoms with Gasteiger partial charge in [-0.1, -0.05) is 12.8 Å². The first kappa shape index (κ1) is 22.5. The van der Waals surface area contributed by atoms with E-state index in [9.17, 15) is 19.5 Å². The van der Waals surface area contributed by atoms with Gasteiger partial charge in [0.15, 0.2) is 11.5 Å². The number of aromatic nitrogens is 4. The van der Waals surface area contributed by atoms with Crippen molar-refractivity contribution in [2.45, 2.75) is 81.5 Å². The second-order valence-electron chi connectivity index (χ2n) is 9.53. The van der Waals surface area contributed by atoms with Crippen LogP contribution in [-0.2, 0) is 9.59 Å². The van der Waals surface area contributed by atoms with E-state index in [1.165, 1.54) is 11.2 Å². The van der Waals surface area contributed by atoms with Crippen LogP contribution in [0, 0.1) is 0 Å². The van der Waals surface area contributed by atoms with Crippen molar-refractivity contribution in [3.63, 3.8) is 0 Å². The predicted octanol–water partition coefficient (Wildman–Crippen LogP) is 0.624. The van der Waals surface area contributed by atoms with E-state index in [1.807, 2.05) is 0 Å². The molecule has 4 amide bonds. The Kier molecular flexibility index (Phi) is 5.84. The molecule has 2 saturated carbocycles. The third-order valence-electron chi connectivity index (χ3n) is 7.40. The van der Waals surface area contributed by atoms with E-state index in [1.54, 1.807) is 10.9 Å². The third kappa shape index (κ3) is 3.85. The van der Waals surface area contributed by atoms with Crippen LogP contribution in [0.5, 0.6) is 0 Å². The number of anilines is 1. The number of nitrogen functional groups attached to an aromatic ring is 1. The Morgan fingerprint density at radius 2 is 2.00 bits per heavy atom. The van der Waals surface area contributed by atoms with Gasteiger partial charge in [-0.25, -0.2) is 19.7 Å². The first-order valence-electron chi connectivity index (χ1n) is 11.9. The van der Waals surface area contributed by atoms with E-state index in [0.717, 1.165) is 25.7 Å². The van der Waals surface area contributed by atoms with Crippen molar-refractivity contribution in [1.82, 2.24) is 35.1 Å². The maximum atomic E-state index is 12.7. The topological polar surface area (TPSA) is 168 Å². The summed E-state index contributed by atoms with van der Waals surface area (Å²) in [5.74, 6) is -0.102. The summed E-state index contributed by atoms with van der Waals surface area (Å²) in [4.78, 5) is 51.3. The lowest BCUT2D eigenvalue weighted by Gasteiger charge is -2.36. The zero-order valence-corrected chi connectivity index (χ0v) is 18.9. The van der Waals surface area contributed by atoms with E-state index >= 15 is 0 Å². The molecule has 0 bridgehead atoms. The zero-order chi connectivity index (χ0) is 23.9. The number of nitrogens with two attached hydrogens (primary N) is 1.